The van der Waals surface area contributed by atoms with Crippen molar-refractivity contribution in [2.75, 3.05) is 18.1 Å². The van der Waals surface area contributed by atoms with E-state index in [1.807, 2.05) is 19.1 Å². The van der Waals surface area contributed by atoms with Crippen LogP contribution in [0.25, 0.3) is 0 Å². The van der Waals surface area contributed by atoms with Gasteiger partial charge in [0.25, 0.3) is 0 Å². The summed E-state index contributed by atoms with van der Waals surface area (Å²) in [5.74, 6) is 0. The molecule has 1 aliphatic carbocycles. The van der Waals surface area contributed by atoms with Crippen LogP contribution in [-0.2, 0) is 0 Å². The Hall–Kier alpha value is -1.06. The van der Waals surface area contributed by atoms with Crippen molar-refractivity contribution in [1.29, 1.82) is 0 Å². The molecule has 0 aliphatic heterocycles. The number of hydrogen-bond acceptors (Lipinski definition) is 3. The summed E-state index contributed by atoms with van der Waals surface area (Å²) in [5.41, 5.74) is 2.20. The van der Waals surface area contributed by atoms with E-state index in [9.17, 15) is 5.11 Å². The number of aliphatic hydroxyl groups excluding tert-OH is 2. The van der Waals surface area contributed by atoms with Crippen molar-refractivity contribution in [3.8, 4) is 0 Å². The molecule has 0 saturated heterocycles. The van der Waals surface area contributed by atoms with E-state index in [0.717, 1.165) is 24.9 Å². The highest BCUT2D eigenvalue weighted by atomic mass is 16.3. The summed E-state index contributed by atoms with van der Waals surface area (Å²) in [6.07, 6.45) is 5.03. The maximum Gasteiger partial charge on any atom is 0.0787 e. The predicted molar refractivity (Wildman–Crippen MR) is 78.4 cm³/mol. The molecule has 1 aromatic carbocycles. The van der Waals surface area contributed by atoms with E-state index in [4.69, 9.17) is 5.11 Å². The Morgan fingerprint density at radius 1 is 1.26 bits per heavy atom. The first-order chi connectivity index (χ1) is 9.26. The molecule has 1 atom stereocenters. The summed E-state index contributed by atoms with van der Waals surface area (Å²) >= 11 is 0. The average molecular weight is 263 g/mol. The first kappa shape index (κ1) is 14.4. The summed E-state index contributed by atoms with van der Waals surface area (Å²) in [6.45, 7) is 3.15. The predicted octanol–water partition coefficient (Wildman–Crippen LogP) is 2.87. The molecule has 1 unspecified atom stereocenters. The van der Waals surface area contributed by atoms with Crippen LogP contribution in [0.2, 0.25) is 0 Å². The lowest BCUT2D eigenvalue weighted by atomic mass is 9.90. The number of nitrogens with zero attached hydrogens (tertiary/aromatic N) is 1. The summed E-state index contributed by atoms with van der Waals surface area (Å²) < 4.78 is 0. The Bertz CT molecular complexity index is 373. The topological polar surface area (TPSA) is 43.7 Å². The number of aliphatic hydroxyl groups is 2. The molecule has 0 radical (unpaired) electrons. The molecular weight excluding hydrogens is 238 g/mol. The molecular formula is C16H25NO2. The van der Waals surface area contributed by atoms with Gasteiger partial charge in [-0.2, -0.15) is 0 Å². The fourth-order valence-corrected chi connectivity index (χ4v) is 2.59. The summed E-state index contributed by atoms with van der Waals surface area (Å²) in [7, 11) is 0. The van der Waals surface area contributed by atoms with Crippen LogP contribution >= 0.6 is 0 Å². The van der Waals surface area contributed by atoms with Crippen LogP contribution in [0.4, 0.5) is 5.69 Å². The van der Waals surface area contributed by atoms with E-state index in [2.05, 4.69) is 17.0 Å². The van der Waals surface area contributed by atoms with E-state index >= 15 is 0 Å². The minimum atomic E-state index is -0.358. The molecule has 1 saturated carbocycles. The second kappa shape index (κ2) is 6.92. The van der Waals surface area contributed by atoms with Crippen molar-refractivity contribution in [1.82, 2.24) is 0 Å². The van der Waals surface area contributed by atoms with Gasteiger partial charge in [0.2, 0.25) is 0 Å². The fourth-order valence-electron chi connectivity index (χ4n) is 2.59. The van der Waals surface area contributed by atoms with Crippen molar-refractivity contribution in [2.24, 2.45) is 0 Å². The van der Waals surface area contributed by atoms with Crippen molar-refractivity contribution in [2.45, 2.75) is 51.2 Å². The third kappa shape index (κ3) is 3.48. The first-order valence-corrected chi connectivity index (χ1v) is 7.41. The van der Waals surface area contributed by atoms with Gasteiger partial charge in [-0.25, -0.2) is 0 Å². The van der Waals surface area contributed by atoms with E-state index in [1.165, 1.54) is 24.9 Å². The van der Waals surface area contributed by atoms with Gasteiger partial charge in [0.15, 0.2) is 0 Å². The van der Waals surface area contributed by atoms with Crippen molar-refractivity contribution < 1.29 is 10.2 Å². The molecule has 0 heterocycles. The van der Waals surface area contributed by atoms with Gasteiger partial charge in [-0.15, -0.1) is 0 Å². The Kier molecular flexibility index (Phi) is 5.23. The second-order valence-corrected chi connectivity index (χ2v) is 5.37. The maximum absolute atomic E-state index is 9.82. The van der Waals surface area contributed by atoms with Crippen LogP contribution in [0.5, 0.6) is 0 Å². The Morgan fingerprint density at radius 2 is 1.95 bits per heavy atom. The molecule has 0 amide bonds. The summed E-state index contributed by atoms with van der Waals surface area (Å²) in [4.78, 5) is 2.40. The molecule has 1 aliphatic rings. The van der Waals surface area contributed by atoms with Crippen molar-refractivity contribution in [3.05, 3.63) is 29.8 Å². The fraction of sp³-hybridized carbons (Fsp3) is 0.625. The molecule has 2 rings (SSSR count). The SMILES string of the molecule is CCC(O)c1ccc(N(CCCO)C2CCC2)cc1. The molecule has 2 N–H and O–H groups in total. The number of hydrogen-bond donors (Lipinski definition) is 2. The van der Waals surface area contributed by atoms with Crippen LogP contribution in [0.15, 0.2) is 24.3 Å². The van der Waals surface area contributed by atoms with Gasteiger partial charge in [-0.3, -0.25) is 0 Å². The van der Waals surface area contributed by atoms with E-state index in [1.54, 1.807) is 0 Å². The first-order valence-electron chi connectivity index (χ1n) is 7.41. The molecule has 106 valence electrons. The molecule has 0 bridgehead atoms. The zero-order valence-corrected chi connectivity index (χ0v) is 11.8. The van der Waals surface area contributed by atoms with E-state index in [-0.39, 0.29) is 12.7 Å². The zero-order valence-electron chi connectivity index (χ0n) is 11.8. The third-order valence-electron chi connectivity index (χ3n) is 4.07. The van der Waals surface area contributed by atoms with Gasteiger partial charge < -0.3 is 15.1 Å². The van der Waals surface area contributed by atoms with Gasteiger partial charge in [0.05, 0.1) is 6.10 Å². The summed E-state index contributed by atoms with van der Waals surface area (Å²) in [5, 5.41) is 18.8. The zero-order chi connectivity index (χ0) is 13.7. The smallest absolute Gasteiger partial charge is 0.0787 e. The number of rotatable bonds is 7. The standard InChI is InChI=1S/C16H25NO2/c1-2-16(19)13-7-9-15(10-8-13)17(11-4-12-18)14-5-3-6-14/h7-10,14,16,18-19H,2-6,11-12H2,1H3. The average Bonchev–Trinajstić information content (AvgIpc) is 2.40. The van der Waals surface area contributed by atoms with Gasteiger partial charge in [0.1, 0.15) is 0 Å². The van der Waals surface area contributed by atoms with Crippen molar-refractivity contribution in [3.63, 3.8) is 0 Å². The van der Waals surface area contributed by atoms with Crippen molar-refractivity contribution >= 4 is 5.69 Å². The summed E-state index contributed by atoms with van der Waals surface area (Å²) in [6, 6.07) is 8.88. The molecule has 3 nitrogen and oxygen atoms in total. The van der Waals surface area contributed by atoms with Crippen LogP contribution < -0.4 is 4.90 Å². The van der Waals surface area contributed by atoms with Crippen LogP contribution in [-0.4, -0.2) is 29.4 Å². The molecule has 0 spiro atoms. The van der Waals surface area contributed by atoms with Crippen LogP contribution in [0.3, 0.4) is 0 Å². The third-order valence-corrected chi connectivity index (χ3v) is 4.07. The molecule has 1 fully saturated rings. The highest BCUT2D eigenvalue weighted by Crippen LogP contribution is 2.30. The monoisotopic (exact) mass is 263 g/mol. The quantitative estimate of drug-likeness (QED) is 0.795. The number of anilines is 1. The van der Waals surface area contributed by atoms with Crippen LogP contribution in [0, 0.1) is 0 Å². The molecule has 0 aromatic heterocycles. The van der Waals surface area contributed by atoms with E-state index < -0.39 is 0 Å². The maximum atomic E-state index is 9.82. The molecule has 3 heteroatoms. The lowest BCUT2D eigenvalue weighted by Gasteiger charge is -2.39. The normalized spacial score (nSPS) is 17.0. The lowest BCUT2D eigenvalue weighted by Crippen LogP contribution is -2.41. The largest absolute Gasteiger partial charge is 0.396 e. The molecule has 1 aromatic rings. The van der Waals surface area contributed by atoms with Gasteiger partial charge >= 0.3 is 0 Å². The highest BCUT2D eigenvalue weighted by Gasteiger charge is 2.24. The Morgan fingerprint density at radius 3 is 2.42 bits per heavy atom. The second-order valence-electron chi connectivity index (χ2n) is 5.37. The Balaban J connectivity index is 2.07. The minimum Gasteiger partial charge on any atom is -0.396 e. The van der Waals surface area contributed by atoms with Gasteiger partial charge in [0, 0.05) is 24.9 Å². The minimum absolute atomic E-state index is 0.246. The molecule has 19 heavy (non-hydrogen) atoms. The highest BCUT2D eigenvalue weighted by molar-refractivity contribution is 5.49. The van der Waals surface area contributed by atoms with E-state index in [0.29, 0.717) is 6.04 Å². The van der Waals surface area contributed by atoms with Crippen LogP contribution in [0.1, 0.15) is 50.7 Å². The van der Waals surface area contributed by atoms with Gasteiger partial charge in [-0.05, 0) is 49.8 Å². The Labute approximate surface area is 115 Å². The van der Waals surface area contributed by atoms with Gasteiger partial charge in [-0.1, -0.05) is 19.1 Å². The lowest BCUT2D eigenvalue weighted by molar-refractivity contribution is 0.173. The number of benzene rings is 1.